The monoisotopic (exact) mass is 228 g/mol. The van der Waals surface area contributed by atoms with Crippen LogP contribution in [-0.4, -0.2) is 37.4 Å². The van der Waals surface area contributed by atoms with E-state index in [9.17, 15) is 4.21 Å². The van der Waals surface area contributed by atoms with Crippen LogP contribution in [0.2, 0.25) is 0 Å². The molecule has 0 saturated carbocycles. The maximum atomic E-state index is 11.1. The van der Waals surface area contributed by atoms with Crippen molar-refractivity contribution in [1.29, 1.82) is 0 Å². The third-order valence-electron chi connectivity index (χ3n) is 2.03. The third-order valence-corrected chi connectivity index (χ3v) is 3.33. The normalized spacial score (nSPS) is 12.5. The summed E-state index contributed by atoms with van der Waals surface area (Å²) in [5.41, 5.74) is 1.70. The Balaban J connectivity index is 2.44. The molecule has 0 amide bonds. The van der Waals surface area contributed by atoms with E-state index in [1.807, 2.05) is 20.8 Å². The summed E-state index contributed by atoms with van der Waals surface area (Å²) in [7, 11) is -0.749. The predicted molar refractivity (Wildman–Crippen MR) is 61.3 cm³/mol. The van der Waals surface area contributed by atoms with Gasteiger partial charge >= 0.3 is 0 Å². The first-order chi connectivity index (χ1) is 7.13. The molecule has 1 aromatic rings. The minimum atomic E-state index is -0.749. The van der Waals surface area contributed by atoms with Gasteiger partial charge in [-0.25, -0.2) is 4.98 Å². The van der Waals surface area contributed by atoms with Gasteiger partial charge in [-0.1, -0.05) is 6.92 Å². The molecule has 1 atom stereocenters. The number of aromatic nitrogens is 3. The average molecular weight is 228 g/mol. The molecule has 0 aliphatic rings. The minimum absolute atomic E-state index is 0.506. The lowest BCUT2D eigenvalue weighted by molar-refractivity contribution is 0.684. The van der Waals surface area contributed by atoms with E-state index in [4.69, 9.17) is 0 Å². The molecule has 1 unspecified atom stereocenters. The Bertz CT molecular complexity index is 356. The molecule has 0 spiro atoms. The highest BCUT2D eigenvalue weighted by atomic mass is 32.2. The molecular formula is C9H16N4OS. The van der Waals surface area contributed by atoms with Crippen LogP contribution in [0.1, 0.15) is 18.3 Å². The summed E-state index contributed by atoms with van der Waals surface area (Å²) in [5, 5.41) is 10.8. The zero-order valence-electron chi connectivity index (χ0n) is 9.28. The number of aryl methyl sites for hydroxylation is 2. The molecule has 0 aliphatic heterocycles. The summed E-state index contributed by atoms with van der Waals surface area (Å²) in [6.07, 6.45) is 0. The molecule has 0 aromatic carbocycles. The van der Waals surface area contributed by atoms with E-state index in [-0.39, 0.29) is 0 Å². The third kappa shape index (κ3) is 3.91. The second-order valence-corrected chi connectivity index (χ2v) is 5.03. The number of rotatable bonds is 5. The quantitative estimate of drug-likeness (QED) is 0.802. The highest BCUT2D eigenvalue weighted by Crippen LogP contribution is 2.01. The molecule has 84 valence electrons. The second kappa shape index (κ2) is 5.75. The van der Waals surface area contributed by atoms with Gasteiger partial charge in [0.2, 0.25) is 5.95 Å². The van der Waals surface area contributed by atoms with Gasteiger partial charge in [-0.15, -0.1) is 5.10 Å². The van der Waals surface area contributed by atoms with Gasteiger partial charge in [-0.3, -0.25) is 4.21 Å². The Hall–Kier alpha value is -1.04. The van der Waals surface area contributed by atoms with Crippen LogP contribution in [0.4, 0.5) is 5.95 Å². The van der Waals surface area contributed by atoms with Gasteiger partial charge in [0, 0.05) is 28.9 Å². The molecule has 15 heavy (non-hydrogen) atoms. The number of hydrogen-bond donors (Lipinski definition) is 1. The molecule has 1 N–H and O–H groups in total. The largest absolute Gasteiger partial charge is 0.352 e. The predicted octanol–water partition coefficient (Wildman–Crippen LogP) is 0.669. The molecule has 0 fully saturated rings. The molecule has 5 nitrogen and oxygen atoms in total. The highest BCUT2D eigenvalue weighted by molar-refractivity contribution is 7.84. The lowest BCUT2D eigenvalue weighted by atomic mass is 10.4. The van der Waals surface area contributed by atoms with Crippen LogP contribution >= 0.6 is 0 Å². The SMILES string of the molecule is CCS(=O)CCNc1nnc(C)c(C)n1. The maximum Gasteiger partial charge on any atom is 0.242 e. The van der Waals surface area contributed by atoms with Crippen LogP contribution in [0.3, 0.4) is 0 Å². The van der Waals surface area contributed by atoms with Crippen molar-refractivity contribution in [3.05, 3.63) is 11.4 Å². The highest BCUT2D eigenvalue weighted by Gasteiger charge is 2.01. The fraction of sp³-hybridized carbons (Fsp3) is 0.667. The van der Waals surface area contributed by atoms with Crippen molar-refractivity contribution in [1.82, 2.24) is 15.2 Å². The smallest absolute Gasteiger partial charge is 0.242 e. The van der Waals surface area contributed by atoms with Crippen LogP contribution in [0.5, 0.6) is 0 Å². The standard InChI is InChI=1S/C9H16N4OS/c1-4-15(14)6-5-10-9-11-7(2)8(3)12-13-9/h4-6H2,1-3H3,(H,10,11,13). The summed E-state index contributed by atoms with van der Waals surface area (Å²) in [5.74, 6) is 1.81. The molecular weight excluding hydrogens is 212 g/mol. The van der Waals surface area contributed by atoms with Crippen LogP contribution in [0.25, 0.3) is 0 Å². The first-order valence-corrected chi connectivity index (χ1v) is 6.39. The topological polar surface area (TPSA) is 67.8 Å². The Morgan fingerprint density at radius 1 is 1.27 bits per heavy atom. The summed E-state index contributed by atoms with van der Waals surface area (Å²) in [4.78, 5) is 4.21. The minimum Gasteiger partial charge on any atom is -0.352 e. The summed E-state index contributed by atoms with van der Waals surface area (Å²) in [6, 6.07) is 0. The number of anilines is 1. The Kier molecular flexibility index (Phi) is 4.61. The fourth-order valence-electron chi connectivity index (χ4n) is 0.953. The average Bonchev–Trinajstić information content (AvgIpc) is 2.23. The molecule has 0 aliphatic carbocycles. The van der Waals surface area contributed by atoms with Gasteiger partial charge in [0.15, 0.2) is 0 Å². The molecule has 0 radical (unpaired) electrons. The van der Waals surface area contributed by atoms with Crippen molar-refractivity contribution in [2.24, 2.45) is 0 Å². The maximum absolute atomic E-state index is 11.1. The van der Waals surface area contributed by atoms with Gasteiger partial charge < -0.3 is 5.32 Å². The second-order valence-electron chi connectivity index (χ2n) is 3.17. The molecule has 0 saturated heterocycles. The van der Waals surface area contributed by atoms with Gasteiger partial charge in [0.1, 0.15) is 0 Å². The van der Waals surface area contributed by atoms with Gasteiger partial charge in [-0.2, -0.15) is 5.10 Å². The zero-order chi connectivity index (χ0) is 11.3. The summed E-state index contributed by atoms with van der Waals surface area (Å²) < 4.78 is 11.1. The van der Waals surface area contributed by atoms with E-state index < -0.39 is 10.8 Å². The number of nitrogens with zero attached hydrogens (tertiary/aromatic N) is 3. The number of hydrogen-bond acceptors (Lipinski definition) is 5. The number of nitrogens with one attached hydrogen (secondary N) is 1. The lowest BCUT2D eigenvalue weighted by Crippen LogP contribution is -2.14. The summed E-state index contributed by atoms with van der Waals surface area (Å²) in [6.45, 7) is 6.28. The van der Waals surface area contributed by atoms with Crippen molar-refractivity contribution < 1.29 is 4.21 Å². The van der Waals surface area contributed by atoms with Crippen LogP contribution in [0.15, 0.2) is 0 Å². The van der Waals surface area contributed by atoms with Gasteiger partial charge in [0.25, 0.3) is 0 Å². The van der Waals surface area contributed by atoms with Crippen LogP contribution in [-0.2, 0) is 10.8 Å². The Labute approximate surface area is 92.2 Å². The Morgan fingerprint density at radius 2 is 2.00 bits per heavy atom. The van der Waals surface area contributed by atoms with Gasteiger partial charge in [-0.05, 0) is 13.8 Å². The first kappa shape index (κ1) is 12.0. The van der Waals surface area contributed by atoms with E-state index in [0.29, 0.717) is 24.0 Å². The van der Waals surface area contributed by atoms with E-state index in [2.05, 4.69) is 20.5 Å². The fourth-order valence-corrected chi connectivity index (χ4v) is 1.57. The Morgan fingerprint density at radius 3 is 2.60 bits per heavy atom. The molecule has 1 aromatic heterocycles. The van der Waals surface area contributed by atoms with Crippen LogP contribution in [0, 0.1) is 13.8 Å². The lowest BCUT2D eigenvalue weighted by Gasteiger charge is -2.04. The van der Waals surface area contributed by atoms with E-state index >= 15 is 0 Å². The van der Waals surface area contributed by atoms with Crippen molar-refractivity contribution >= 4 is 16.7 Å². The van der Waals surface area contributed by atoms with Crippen LogP contribution < -0.4 is 5.32 Å². The molecule has 1 rings (SSSR count). The molecule has 6 heteroatoms. The van der Waals surface area contributed by atoms with Crippen molar-refractivity contribution in [2.45, 2.75) is 20.8 Å². The van der Waals surface area contributed by atoms with E-state index in [1.165, 1.54) is 0 Å². The van der Waals surface area contributed by atoms with Crippen molar-refractivity contribution in [3.63, 3.8) is 0 Å². The summed E-state index contributed by atoms with van der Waals surface area (Å²) >= 11 is 0. The van der Waals surface area contributed by atoms with Gasteiger partial charge in [0.05, 0.1) is 11.4 Å². The first-order valence-electron chi connectivity index (χ1n) is 4.90. The van der Waals surface area contributed by atoms with Crippen molar-refractivity contribution in [3.8, 4) is 0 Å². The van der Waals surface area contributed by atoms with Crippen molar-refractivity contribution in [2.75, 3.05) is 23.4 Å². The molecule has 1 heterocycles. The van der Waals surface area contributed by atoms with E-state index in [0.717, 1.165) is 11.4 Å². The zero-order valence-corrected chi connectivity index (χ0v) is 10.1. The molecule has 0 bridgehead atoms. The van der Waals surface area contributed by atoms with E-state index in [1.54, 1.807) is 0 Å².